The van der Waals surface area contributed by atoms with Gasteiger partial charge in [-0.1, -0.05) is 18.2 Å². The van der Waals surface area contributed by atoms with E-state index in [0.717, 1.165) is 16.7 Å². The zero-order chi connectivity index (χ0) is 15.6. The number of aromatic nitrogens is 5. The zero-order valence-corrected chi connectivity index (χ0v) is 12.0. The molecule has 0 saturated heterocycles. The number of rotatable bonds is 3. The Morgan fingerprint density at radius 3 is 2.87 bits per heavy atom. The molecule has 7 heteroatoms. The maximum Gasteiger partial charge on any atom is 0.258 e. The van der Waals surface area contributed by atoms with Crippen molar-refractivity contribution in [2.75, 3.05) is 5.32 Å². The number of imidazole rings is 1. The molecule has 4 rings (SSSR count). The highest BCUT2D eigenvalue weighted by atomic mass is 16.1. The number of anilines is 1. The molecule has 0 fully saturated rings. The van der Waals surface area contributed by atoms with Gasteiger partial charge in [0.15, 0.2) is 0 Å². The molecular formula is C16H12N6O. The molecule has 2 aromatic heterocycles. The Morgan fingerprint density at radius 2 is 2.00 bits per heavy atom. The first-order chi connectivity index (χ1) is 11.3. The van der Waals surface area contributed by atoms with Crippen molar-refractivity contribution in [3.63, 3.8) is 0 Å². The van der Waals surface area contributed by atoms with E-state index in [1.165, 1.54) is 0 Å². The van der Waals surface area contributed by atoms with Gasteiger partial charge in [0.1, 0.15) is 6.33 Å². The highest BCUT2D eigenvalue weighted by molar-refractivity contribution is 6.05. The molecule has 112 valence electrons. The molecule has 0 saturated carbocycles. The number of hydrogen-bond donors (Lipinski definition) is 2. The summed E-state index contributed by atoms with van der Waals surface area (Å²) in [6.07, 6.45) is 3.15. The van der Waals surface area contributed by atoms with Crippen molar-refractivity contribution in [3.8, 4) is 5.69 Å². The van der Waals surface area contributed by atoms with Gasteiger partial charge in [0.05, 0.1) is 23.0 Å². The second-order valence-corrected chi connectivity index (χ2v) is 4.95. The quantitative estimate of drug-likeness (QED) is 0.608. The minimum atomic E-state index is -0.258. The van der Waals surface area contributed by atoms with E-state index in [1.807, 2.05) is 30.3 Å². The lowest BCUT2D eigenvalue weighted by Gasteiger charge is -2.07. The number of nitrogens with one attached hydrogen (secondary N) is 2. The van der Waals surface area contributed by atoms with Gasteiger partial charge in [-0.05, 0) is 30.3 Å². The maximum absolute atomic E-state index is 12.4. The van der Waals surface area contributed by atoms with E-state index >= 15 is 0 Å². The van der Waals surface area contributed by atoms with Crippen LogP contribution in [0.3, 0.4) is 0 Å². The molecule has 1 amide bonds. The predicted molar refractivity (Wildman–Crippen MR) is 85.4 cm³/mol. The third-order valence-corrected chi connectivity index (χ3v) is 3.49. The molecule has 0 radical (unpaired) electrons. The highest BCUT2D eigenvalue weighted by Gasteiger charge is 2.12. The summed E-state index contributed by atoms with van der Waals surface area (Å²) >= 11 is 0. The van der Waals surface area contributed by atoms with Crippen LogP contribution < -0.4 is 5.32 Å². The Bertz CT molecular complexity index is 972. The van der Waals surface area contributed by atoms with Gasteiger partial charge in [0.25, 0.3) is 5.91 Å². The first-order valence-electron chi connectivity index (χ1n) is 7.01. The summed E-state index contributed by atoms with van der Waals surface area (Å²) in [5.41, 5.74) is 3.01. The molecule has 23 heavy (non-hydrogen) atoms. The largest absolute Gasteiger partial charge is 0.345 e. The number of H-pyrrole nitrogens is 1. The molecule has 2 N–H and O–H groups in total. The average Bonchev–Trinajstić information content (AvgIpc) is 3.23. The van der Waals surface area contributed by atoms with E-state index < -0.39 is 0 Å². The number of hydrogen-bond acceptors (Lipinski definition) is 4. The molecule has 2 heterocycles. The van der Waals surface area contributed by atoms with E-state index in [1.54, 1.807) is 35.4 Å². The molecule has 0 unspecified atom stereocenters. The number of carbonyl (C=O) groups is 1. The van der Waals surface area contributed by atoms with Gasteiger partial charge < -0.3 is 4.98 Å². The Hall–Kier alpha value is -3.48. The number of para-hydroxylation sites is 1. The number of nitrogens with zero attached hydrogens (tertiary/aromatic N) is 4. The molecular weight excluding hydrogens is 292 g/mol. The molecule has 2 aromatic carbocycles. The summed E-state index contributed by atoms with van der Waals surface area (Å²) in [7, 11) is 0. The Balaban J connectivity index is 1.63. The van der Waals surface area contributed by atoms with Crippen LogP contribution in [0.2, 0.25) is 0 Å². The van der Waals surface area contributed by atoms with E-state index in [4.69, 9.17) is 0 Å². The summed E-state index contributed by atoms with van der Waals surface area (Å²) in [6.45, 7) is 0. The summed E-state index contributed by atoms with van der Waals surface area (Å²) in [6, 6.07) is 14.8. The van der Waals surface area contributed by atoms with Crippen LogP contribution in [0.25, 0.3) is 16.7 Å². The minimum absolute atomic E-state index is 0.258. The minimum Gasteiger partial charge on any atom is -0.345 e. The second-order valence-electron chi connectivity index (χ2n) is 4.95. The van der Waals surface area contributed by atoms with Gasteiger partial charge in [-0.3, -0.25) is 14.7 Å². The van der Waals surface area contributed by atoms with Crippen LogP contribution in [0.5, 0.6) is 0 Å². The number of amides is 1. The molecule has 0 aliphatic heterocycles. The van der Waals surface area contributed by atoms with E-state index in [0.29, 0.717) is 11.5 Å². The average molecular weight is 304 g/mol. The normalized spacial score (nSPS) is 10.8. The number of benzene rings is 2. The fourth-order valence-electron chi connectivity index (χ4n) is 2.35. The maximum atomic E-state index is 12.4. The van der Waals surface area contributed by atoms with Crippen molar-refractivity contribution in [2.24, 2.45) is 0 Å². The fourth-order valence-corrected chi connectivity index (χ4v) is 2.35. The van der Waals surface area contributed by atoms with E-state index in [2.05, 4.69) is 25.5 Å². The molecule has 4 aromatic rings. The van der Waals surface area contributed by atoms with Crippen LogP contribution in [-0.4, -0.2) is 30.6 Å². The standard InChI is InChI=1S/C16H12N6O/c23-15(11-6-7-13-14(8-11)18-9-17-13)20-16-21-19-10-22(16)12-4-2-1-3-5-12/h1-10H,(H,17,18)(H,20,21,23). The molecule has 0 atom stereocenters. The first-order valence-corrected chi connectivity index (χ1v) is 7.01. The van der Waals surface area contributed by atoms with E-state index in [9.17, 15) is 4.79 Å². The summed E-state index contributed by atoms with van der Waals surface area (Å²) < 4.78 is 1.71. The summed E-state index contributed by atoms with van der Waals surface area (Å²) in [5.74, 6) is 0.109. The van der Waals surface area contributed by atoms with Crippen LogP contribution in [0.1, 0.15) is 10.4 Å². The Morgan fingerprint density at radius 1 is 1.13 bits per heavy atom. The Kier molecular flexibility index (Phi) is 3.09. The topological polar surface area (TPSA) is 88.5 Å². The SMILES string of the molecule is O=C(Nc1nncn1-c1ccccc1)c1ccc2nc[nH]c2c1. The van der Waals surface area contributed by atoms with Gasteiger partial charge >= 0.3 is 0 Å². The number of fused-ring (bicyclic) bond motifs is 1. The molecule has 7 nitrogen and oxygen atoms in total. The van der Waals surface area contributed by atoms with Gasteiger partial charge in [-0.15, -0.1) is 10.2 Å². The zero-order valence-electron chi connectivity index (χ0n) is 12.0. The molecule has 0 bridgehead atoms. The summed E-state index contributed by atoms with van der Waals surface area (Å²) in [5, 5.41) is 10.6. The Labute approximate surface area is 131 Å². The second kappa shape index (κ2) is 5.38. The fraction of sp³-hybridized carbons (Fsp3) is 0. The van der Waals surface area contributed by atoms with Crippen molar-refractivity contribution >= 4 is 22.9 Å². The number of carbonyl (C=O) groups excluding carboxylic acids is 1. The van der Waals surface area contributed by atoms with E-state index in [-0.39, 0.29) is 5.91 Å². The van der Waals surface area contributed by atoms with Gasteiger partial charge in [-0.25, -0.2) is 4.98 Å². The van der Waals surface area contributed by atoms with Crippen molar-refractivity contribution in [2.45, 2.75) is 0 Å². The van der Waals surface area contributed by atoms with Crippen molar-refractivity contribution in [3.05, 3.63) is 66.7 Å². The van der Waals surface area contributed by atoms with Crippen LogP contribution in [0.15, 0.2) is 61.2 Å². The van der Waals surface area contributed by atoms with Crippen LogP contribution in [0.4, 0.5) is 5.95 Å². The first kappa shape index (κ1) is 13.2. The lowest BCUT2D eigenvalue weighted by molar-refractivity contribution is 0.102. The van der Waals surface area contributed by atoms with Crippen LogP contribution in [-0.2, 0) is 0 Å². The van der Waals surface area contributed by atoms with Crippen molar-refractivity contribution < 1.29 is 4.79 Å². The summed E-state index contributed by atoms with van der Waals surface area (Å²) in [4.78, 5) is 19.6. The third-order valence-electron chi connectivity index (χ3n) is 3.49. The van der Waals surface area contributed by atoms with Gasteiger partial charge in [-0.2, -0.15) is 0 Å². The highest BCUT2D eigenvalue weighted by Crippen LogP contribution is 2.15. The monoisotopic (exact) mass is 304 g/mol. The van der Waals surface area contributed by atoms with Gasteiger partial charge in [0.2, 0.25) is 5.95 Å². The van der Waals surface area contributed by atoms with Crippen LogP contribution in [0, 0.1) is 0 Å². The molecule has 0 aliphatic carbocycles. The number of aromatic amines is 1. The van der Waals surface area contributed by atoms with Crippen molar-refractivity contribution in [1.82, 2.24) is 24.7 Å². The lowest BCUT2D eigenvalue weighted by atomic mass is 10.2. The third kappa shape index (κ3) is 2.44. The van der Waals surface area contributed by atoms with Gasteiger partial charge in [0, 0.05) is 5.56 Å². The molecule has 0 spiro atoms. The smallest absolute Gasteiger partial charge is 0.258 e. The lowest BCUT2D eigenvalue weighted by Crippen LogP contribution is -2.15. The van der Waals surface area contributed by atoms with Crippen molar-refractivity contribution in [1.29, 1.82) is 0 Å². The predicted octanol–water partition coefficient (Wildman–Crippen LogP) is 2.40. The van der Waals surface area contributed by atoms with Crippen LogP contribution >= 0.6 is 0 Å². The molecule has 0 aliphatic rings.